The third kappa shape index (κ3) is 4.49. The van der Waals surface area contributed by atoms with Crippen LogP contribution in [0.4, 0.5) is 5.69 Å². The highest BCUT2D eigenvalue weighted by Crippen LogP contribution is 2.35. The van der Waals surface area contributed by atoms with E-state index in [1.165, 1.54) is 6.92 Å². The van der Waals surface area contributed by atoms with Crippen molar-refractivity contribution in [2.75, 3.05) is 23.7 Å². The molecule has 0 saturated carbocycles. The summed E-state index contributed by atoms with van der Waals surface area (Å²) in [6.45, 7) is 2.44. The number of thioether (sulfide) groups is 1. The van der Waals surface area contributed by atoms with E-state index in [-0.39, 0.29) is 10.8 Å². The zero-order valence-corrected chi connectivity index (χ0v) is 16.2. The van der Waals surface area contributed by atoms with Crippen molar-refractivity contribution in [1.82, 2.24) is 4.72 Å². The van der Waals surface area contributed by atoms with Gasteiger partial charge in [-0.05, 0) is 48.9 Å². The zero-order chi connectivity index (χ0) is 18.6. The first kappa shape index (κ1) is 19.0. The van der Waals surface area contributed by atoms with Crippen LogP contribution in [0.25, 0.3) is 0 Å². The lowest BCUT2D eigenvalue weighted by Gasteiger charge is -2.21. The van der Waals surface area contributed by atoms with Crippen molar-refractivity contribution in [2.24, 2.45) is 0 Å². The number of aryl methyl sites for hydroxylation is 1. The van der Waals surface area contributed by atoms with Crippen LogP contribution in [-0.4, -0.2) is 33.2 Å². The average molecular weight is 395 g/mol. The molecule has 0 radical (unpaired) electrons. The van der Waals surface area contributed by atoms with E-state index in [2.05, 4.69) is 4.72 Å². The van der Waals surface area contributed by atoms with E-state index in [9.17, 15) is 13.2 Å². The van der Waals surface area contributed by atoms with Crippen molar-refractivity contribution in [3.63, 3.8) is 0 Å². The summed E-state index contributed by atoms with van der Waals surface area (Å²) in [4.78, 5) is 14.7. The number of nitrogens with one attached hydrogen (secondary N) is 1. The second-order valence-electron chi connectivity index (χ2n) is 6.08. The number of hydrogen-bond acceptors (Lipinski definition) is 5. The van der Waals surface area contributed by atoms with Gasteiger partial charge < -0.3 is 9.32 Å². The van der Waals surface area contributed by atoms with Gasteiger partial charge in [0.1, 0.15) is 5.76 Å². The third-order valence-corrected chi connectivity index (χ3v) is 6.78. The van der Waals surface area contributed by atoms with Gasteiger partial charge in [-0.1, -0.05) is 0 Å². The maximum Gasteiger partial charge on any atom is 0.240 e. The fourth-order valence-electron chi connectivity index (χ4n) is 2.86. The molecule has 0 bridgehead atoms. The summed E-state index contributed by atoms with van der Waals surface area (Å²) in [5, 5.41) is 0. The van der Waals surface area contributed by atoms with Crippen LogP contribution in [0.3, 0.4) is 0 Å². The maximum atomic E-state index is 12.6. The van der Waals surface area contributed by atoms with Crippen LogP contribution in [0.5, 0.6) is 0 Å². The Morgan fingerprint density at radius 3 is 2.92 bits per heavy atom. The van der Waals surface area contributed by atoms with Gasteiger partial charge in [0.25, 0.3) is 0 Å². The SMILES string of the molecule is CC(=O)N1CCCSc2ccc(S(=O)(=O)NCCCc3ccco3)cc21. The van der Waals surface area contributed by atoms with Gasteiger partial charge in [-0.3, -0.25) is 4.79 Å². The first-order valence-corrected chi connectivity index (χ1v) is 11.0. The van der Waals surface area contributed by atoms with Gasteiger partial charge in [-0.2, -0.15) is 0 Å². The van der Waals surface area contributed by atoms with Gasteiger partial charge in [0, 0.05) is 31.3 Å². The van der Waals surface area contributed by atoms with Gasteiger partial charge >= 0.3 is 0 Å². The van der Waals surface area contributed by atoms with Gasteiger partial charge in [0.15, 0.2) is 0 Å². The molecule has 1 aromatic carbocycles. The van der Waals surface area contributed by atoms with Crippen LogP contribution >= 0.6 is 11.8 Å². The number of furan rings is 1. The Balaban J connectivity index is 1.72. The average Bonchev–Trinajstić information content (AvgIpc) is 3.03. The summed E-state index contributed by atoms with van der Waals surface area (Å²) in [6.07, 6.45) is 3.81. The molecule has 0 aliphatic carbocycles. The lowest BCUT2D eigenvalue weighted by molar-refractivity contribution is -0.116. The molecule has 3 rings (SSSR count). The summed E-state index contributed by atoms with van der Waals surface area (Å²) in [7, 11) is -3.62. The maximum absolute atomic E-state index is 12.6. The molecule has 8 heteroatoms. The molecule has 26 heavy (non-hydrogen) atoms. The Hall–Kier alpha value is -1.77. The summed E-state index contributed by atoms with van der Waals surface area (Å²) in [5.41, 5.74) is 0.679. The highest BCUT2D eigenvalue weighted by atomic mass is 32.2. The van der Waals surface area contributed by atoms with E-state index in [0.717, 1.165) is 22.8 Å². The highest BCUT2D eigenvalue weighted by Gasteiger charge is 2.22. The van der Waals surface area contributed by atoms with Crippen molar-refractivity contribution in [3.8, 4) is 0 Å². The van der Waals surface area contributed by atoms with Crippen LogP contribution in [0, 0.1) is 0 Å². The lowest BCUT2D eigenvalue weighted by atomic mass is 10.2. The van der Waals surface area contributed by atoms with E-state index < -0.39 is 10.0 Å². The van der Waals surface area contributed by atoms with Gasteiger partial charge in [0.05, 0.1) is 16.8 Å². The Morgan fingerprint density at radius 2 is 2.19 bits per heavy atom. The number of anilines is 1. The molecule has 0 unspecified atom stereocenters. The molecule has 140 valence electrons. The van der Waals surface area contributed by atoms with Crippen LogP contribution in [0.2, 0.25) is 0 Å². The molecule has 6 nitrogen and oxygen atoms in total. The predicted octanol–water partition coefficient (Wildman–Crippen LogP) is 3.04. The normalized spacial score (nSPS) is 14.7. The standard InChI is InChI=1S/C18H22N2O4S2/c1-14(21)20-10-4-12-25-18-8-7-16(13-17(18)20)26(22,23)19-9-2-5-15-6-3-11-24-15/h3,6-8,11,13,19H,2,4-5,9-10,12H2,1H3. The molecule has 1 aromatic heterocycles. The second-order valence-corrected chi connectivity index (χ2v) is 8.99. The van der Waals surface area contributed by atoms with Crippen molar-refractivity contribution < 1.29 is 17.6 Å². The lowest BCUT2D eigenvalue weighted by Crippen LogP contribution is -2.30. The first-order chi connectivity index (χ1) is 12.5. The number of carbonyl (C=O) groups excluding carboxylic acids is 1. The van der Waals surface area contributed by atoms with Crippen molar-refractivity contribution in [3.05, 3.63) is 42.4 Å². The number of amides is 1. The van der Waals surface area contributed by atoms with Gasteiger partial charge in [-0.25, -0.2) is 13.1 Å². The third-order valence-electron chi connectivity index (χ3n) is 4.17. The summed E-state index contributed by atoms with van der Waals surface area (Å²) in [5.74, 6) is 1.67. The minimum Gasteiger partial charge on any atom is -0.469 e. The molecule has 0 atom stereocenters. The molecule has 1 N–H and O–H groups in total. The smallest absolute Gasteiger partial charge is 0.240 e. The molecular formula is C18H22N2O4S2. The fraction of sp³-hybridized carbons (Fsp3) is 0.389. The van der Waals surface area contributed by atoms with Crippen LogP contribution < -0.4 is 9.62 Å². The van der Waals surface area contributed by atoms with E-state index in [1.54, 1.807) is 41.1 Å². The molecule has 0 spiro atoms. The minimum atomic E-state index is -3.62. The van der Waals surface area contributed by atoms with Crippen molar-refractivity contribution in [1.29, 1.82) is 0 Å². The Kier molecular flexibility index (Phi) is 6.05. The molecule has 0 fully saturated rings. The van der Waals surface area contributed by atoms with Gasteiger partial charge in [-0.15, -0.1) is 11.8 Å². The van der Waals surface area contributed by atoms with E-state index in [1.807, 2.05) is 12.1 Å². The Morgan fingerprint density at radius 1 is 1.35 bits per heavy atom. The minimum absolute atomic E-state index is 0.0743. The molecule has 0 saturated heterocycles. The fourth-order valence-corrected chi connectivity index (χ4v) is 4.93. The molecule has 1 aliphatic rings. The van der Waals surface area contributed by atoms with Crippen molar-refractivity contribution in [2.45, 2.75) is 36.0 Å². The number of fused-ring (bicyclic) bond motifs is 1. The number of nitrogens with zero attached hydrogens (tertiary/aromatic N) is 1. The number of carbonyl (C=O) groups is 1. The number of rotatable bonds is 6. The summed E-state index contributed by atoms with van der Waals surface area (Å²) >= 11 is 1.65. The monoisotopic (exact) mass is 394 g/mol. The quantitative estimate of drug-likeness (QED) is 0.762. The topological polar surface area (TPSA) is 79.6 Å². The molecule has 1 aliphatic heterocycles. The molecule has 1 amide bonds. The van der Waals surface area contributed by atoms with Gasteiger partial charge in [0.2, 0.25) is 15.9 Å². The Labute approximate surface area is 158 Å². The van der Waals surface area contributed by atoms with Crippen LogP contribution in [0.15, 0.2) is 50.8 Å². The van der Waals surface area contributed by atoms with Crippen LogP contribution in [-0.2, 0) is 21.2 Å². The molecule has 2 heterocycles. The molecular weight excluding hydrogens is 372 g/mol. The second kappa shape index (κ2) is 8.28. The number of hydrogen-bond donors (Lipinski definition) is 1. The van der Waals surface area contributed by atoms with E-state index in [4.69, 9.17) is 4.42 Å². The predicted molar refractivity (Wildman–Crippen MR) is 102 cm³/mol. The number of benzene rings is 1. The summed E-state index contributed by atoms with van der Waals surface area (Å²) < 4.78 is 33.1. The van der Waals surface area contributed by atoms with Crippen LogP contribution in [0.1, 0.15) is 25.5 Å². The zero-order valence-electron chi connectivity index (χ0n) is 14.6. The highest BCUT2D eigenvalue weighted by molar-refractivity contribution is 7.99. The summed E-state index contributed by atoms with van der Waals surface area (Å²) in [6, 6.07) is 8.68. The van der Waals surface area contributed by atoms with E-state index >= 15 is 0 Å². The van der Waals surface area contributed by atoms with E-state index in [0.29, 0.717) is 31.6 Å². The number of sulfonamides is 1. The first-order valence-electron chi connectivity index (χ1n) is 8.54. The largest absolute Gasteiger partial charge is 0.469 e. The molecule has 2 aromatic rings. The van der Waals surface area contributed by atoms with Crippen molar-refractivity contribution >= 4 is 33.4 Å². The Bertz CT molecular complexity index is 863.